The quantitative estimate of drug-likeness (QED) is 0.605. The third kappa shape index (κ3) is 3.41. The molecule has 0 bridgehead atoms. The fraction of sp³-hybridized carbons (Fsp3) is 0.615. The van der Waals surface area contributed by atoms with Crippen molar-refractivity contribution in [3.05, 3.63) is 27.9 Å². The largest absolute Gasteiger partial charge is 0.385 e. The van der Waals surface area contributed by atoms with Gasteiger partial charge in [-0.3, -0.25) is 10.1 Å². The van der Waals surface area contributed by atoms with Crippen molar-refractivity contribution in [2.45, 2.75) is 26.2 Å². The Hall–Kier alpha value is -1.69. The summed E-state index contributed by atoms with van der Waals surface area (Å²) in [7, 11) is 1.71. The van der Waals surface area contributed by atoms with Crippen molar-refractivity contribution in [1.29, 1.82) is 0 Å². The summed E-state index contributed by atoms with van der Waals surface area (Å²) in [5, 5.41) is 14.0. The molecule has 0 atom stereocenters. The molecule has 0 aromatic carbocycles. The first-order chi connectivity index (χ1) is 9.06. The minimum absolute atomic E-state index is 0.0612. The highest BCUT2D eigenvalue weighted by atomic mass is 16.6. The van der Waals surface area contributed by atoms with Gasteiger partial charge in [-0.15, -0.1) is 0 Å². The Morgan fingerprint density at radius 1 is 1.53 bits per heavy atom. The van der Waals surface area contributed by atoms with Gasteiger partial charge in [-0.2, -0.15) is 0 Å². The van der Waals surface area contributed by atoms with Crippen molar-refractivity contribution in [1.82, 2.24) is 4.98 Å². The molecule has 6 heteroatoms. The Balaban J connectivity index is 1.93. The van der Waals surface area contributed by atoms with Gasteiger partial charge in [-0.05, 0) is 37.7 Å². The van der Waals surface area contributed by atoms with E-state index in [1.165, 1.54) is 18.9 Å². The zero-order valence-electron chi connectivity index (χ0n) is 11.3. The Kier molecular flexibility index (Phi) is 3.99. The molecule has 0 saturated heterocycles. The van der Waals surface area contributed by atoms with E-state index in [0.717, 1.165) is 19.6 Å². The summed E-state index contributed by atoms with van der Waals surface area (Å²) in [4.78, 5) is 14.5. The smallest absolute Gasteiger partial charge is 0.290 e. The molecule has 0 spiro atoms. The van der Waals surface area contributed by atoms with Gasteiger partial charge in [-0.1, -0.05) is 0 Å². The average molecular weight is 265 g/mol. The number of nitrogens with one attached hydrogen (secondary N) is 1. The first-order valence-electron chi connectivity index (χ1n) is 6.41. The number of nitro groups is 1. The van der Waals surface area contributed by atoms with Crippen molar-refractivity contribution in [3.8, 4) is 0 Å². The number of aromatic nitrogens is 1. The minimum atomic E-state index is -0.410. The Bertz CT molecular complexity index is 472. The fourth-order valence-corrected chi connectivity index (χ4v) is 2.13. The van der Waals surface area contributed by atoms with Crippen LogP contribution >= 0.6 is 0 Å². The number of hydrogen-bond acceptors (Lipinski definition) is 5. The number of anilines is 1. The standard InChI is InChI=1S/C13H19N3O3/c1-10-11(16(17)18)3-4-12(15-10)14-9-13(5-6-13)7-8-19-2/h3-4H,5-9H2,1-2H3,(H,14,15). The molecule has 1 aromatic heterocycles. The van der Waals surface area contributed by atoms with Crippen molar-refractivity contribution >= 4 is 11.5 Å². The highest BCUT2D eigenvalue weighted by molar-refractivity contribution is 5.45. The van der Waals surface area contributed by atoms with Crippen LogP contribution in [0.4, 0.5) is 11.5 Å². The number of pyridine rings is 1. The monoisotopic (exact) mass is 265 g/mol. The summed E-state index contributed by atoms with van der Waals surface area (Å²) >= 11 is 0. The number of rotatable bonds is 7. The summed E-state index contributed by atoms with van der Waals surface area (Å²) in [6.45, 7) is 3.27. The van der Waals surface area contributed by atoms with E-state index in [1.807, 2.05) is 0 Å². The van der Waals surface area contributed by atoms with Crippen molar-refractivity contribution in [3.63, 3.8) is 0 Å². The van der Waals surface area contributed by atoms with Gasteiger partial charge in [0.15, 0.2) is 0 Å². The third-order valence-corrected chi connectivity index (χ3v) is 3.69. The number of hydrogen-bond donors (Lipinski definition) is 1. The van der Waals surface area contributed by atoms with Gasteiger partial charge in [0.25, 0.3) is 5.69 Å². The van der Waals surface area contributed by atoms with E-state index in [4.69, 9.17) is 4.74 Å². The van der Waals surface area contributed by atoms with Crippen LogP contribution in [0.2, 0.25) is 0 Å². The molecule has 1 heterocycles. The topological polar surface area (TPSA) is 77.3 Å². The summed E-state index contributed by atoms with van der Waals surface area (Å²) in [6, 6.07) is 3.16. The SMILES string of the molecule is COCCC1(CNc2ccc([N+](=O)[O-])c(C)n2)CC1. The second-order valence-electron chi connectivity index (χ2n) is 5.15. The van der Waals surface area contributed by atoms with Gasteiger partial charge in [0.05, 0.1) is 4.92 Å². The maximum Gasteiger partial charge on any atom is 0.290 e. The number of nitrogens with zero attached hydrogens (tertiary/aromatic N) is 2. The summed E-state index contributed by atoms with van der Waals surface area (Å²) in [6.07, 6.45) is 3.45. The van der Waals surface area contributed by atoms with Gasteiger partial charge in [0.1, 0.15) is 11.5 Å². The van der Waals surface area contributed by atoms with Gasteiger partial charge < -0.3 is 10.1 Å². The first kappa shape index (κ1) is 13.7. The zero-order chi connectivity index (χ0) is 13.9. The predicted octanol–water partition coefficient (Wildman–Crippen LogP) is 2.53. The van der Waals surface area contributed by atoms with Gasteiger partial charge >= 0.3 is 0 Å². The molecule has 1 saturated carbocycles. The Morgan fingerprint density at radius 2 is 2.26 bits per heavy atom. The molecule has 19 heavy (non-hydrogen) atoms. The van der Waals surface area contributed by atoms with Crippen LogP contribution in [0.15, 0.2) is 12.1 Å². The molecule has 0 unspecified atom stereocenters. The lowest BCUT2D eigenvalue weighted by Gasteiger charge is -2.16. The second kappa shape index (κ2) is 5.52. The molecular weight excluding hydrogens is 246 g/mol. The van der Waals surface area contributed by atoms with E-state index >= 15 is 0 Å². The summed E-state index contributed by atoms with van der Waals surface area (Å²) in [5.74, 6) is 0.701. The Morgan fingerprint density at radius 3 is 2.79 bits per heavy atom. The molecular formula is C13H19N3O3. The normalized spacial score (nSPS) is 16.1. The van der Waals surface area contributed by atoms with Crippen molar-refractivity contribution in [2.24, 2.45) is 5.41 Å². The van der Waals surface area contributed by atoms with Crippen LogP contribution in [-0.2, 0) is 4.74 Å². The van der Waals surface area contributed by atoms with Crippen LogP contribution in [0.5, 0.6) is 0 Å². The molecule has 1 aliphatic rings. The van der Waals surface area contributed by atoms with Crippen LogP contribution < -0.4 is 5.32 Å². The molecule has 0 radical (unpaired) electrons. The van der Waals surface area contributed by atoms with Crippen molar-refractivity contribution < 1.29 is 9.66 Å². The van der Waals surface area contributed by atoms with E-state index in [-0.39, 0.29) is 5.69 Å². The first-order valence-corrected chi connectivity index (χ1v) is 6.41. The van der Waals surface area contributed by atoms with Gasteiger partial charge in [0.2, 0.25) is 0 Å². The predicted molar refractivity (Wildman–Crippen MR) is 72.3 cm³/mol. The van der Waals surface area contributed by atoms with Crippen molar-refractivity contribution in [2.75, 3.05) is 25.6 Å². The molecule has 104 valence electrons. The van der Waals surface area contributed by atoms with E-state index in [9.17, 15) is 10.1 Å². The average Bonchev–Trinajstić information content (AvgIpc) is 3.14. The molecule has 1 aromatic rings. The summed E-state index contributed by atoms with van der Waals surface area (Å²) in [5.41, 5.74) is 0.829. The molecule has 2 rings (SSSR count). The van der Waals surface area contributed by atoms with Crippen LogP contribution in [0.25, 0.3) is 0 Å². The maximum absolute atomic E-state index is 10.7. The zero-order valence-corrected chi connectivity index (χ0v) is 11.3. The summed E-state index contributed by atoms with van der Waals surface area (Å²) < 4.78 is 5.11. The highest BCUT2D eigenvalue weighted by Crippen LogP contribution is 2.48. The van der Waals surface area contributed by atoms with E-state index in [0.29, 0.717) is 16.9 Å². The highest BCUT2D eigenvalue weighted by Gasteiger charge is 2.41. The maximum atomic E-state index is 10.7. The van der Waals surface area contributed by atoms with Crippen LogP contribution in [0.1, 0.15) is 25.0 Å². The van der Waals surface area contributed by atoms with E-state index in [2.05, 4.69) is 10.3 Å². The Labute approximate surface area is 112 Å². The third-order valence-electron chi connectivity index (χ3n) is 3.69. The van der Waals surface area contributed by atoms with Gasteiger partial charge in [0, 0.05) is 26.3 Å². The minimum Gasteiger partial charge on any atom is -0.385 e. The lowest BCUT2D eigenvalue weighted by Crippen LogP contribution is -2.18. The van der Waals surface area contributed by atoms with Crippen LogP contribution in [0, 0.1) is 22.5 Å². The second-order valence-corrected chi connectivity index (χ2v) is 5.15. The van der Waals surface area contributed by atoms with Crippen LogP contribution in [-0.4, -0.2) is 30.2 Å². The molecule has 6 nitrogen and oxygen atoms in total. The number of ether oxygens (including phenoxy) is 1. The molecule has 1 aliphatic carbocycles. The lowest BCUT2D eigenvalue weighted by molar-refractivity contribution is -0.385. The fourth-order valence-electron chi connectivity index (χ4n) is 2.13. The molecule has 1 N–H and O–H groups in total. The van der Waals surface area contributed by atoms with Gasteiger partial charge in [-0.25, -0.2) is 4.98 Å². The molecule has 0 amide bonds. The van der Waals surface area contributed by atoms with E-state index < -0.39 is 4.92 Å². The number of methoxy groups -OCH3 is 1. The lowest BCUT2D eigenvalue weighted by atomic mass is 10.0. The van der Waals surface area contributed by atoms with Crippen LogP contribution in [0.3, 0.4) is 0 Å². The molecule has 0 aliphatic heterocycles. The molecule has 1 fully saturated rings. The van der Waals surface area contributed by atoms with E-state index in [1.54, 1.807) is 20.1 Å². The number of aryl methyl sites for hydroxylation is 1.